The Kier molecular flexibility index (Phi) is 5.86. The van der Waals surface area contributed by atoms with Crippen molar-refractivity contribution in [2.24, 2.45) is 7.05 Å². The van der Waals surface area contributed by atoms with Crippen LogP contribution in [0.5, 0.6) is 0 Å². The number of methoxy groups -OCH3 is 1. The molecule has 0 atom stereocenters. The van der Waals surface area contributed by atoms with Crippen molar-refractivity contribution in [2.45, 2.75) is 39.2 Å². The van der Waals surface area contributed by atoms with E-state index in [1.54, 1.807) is 7.11 Å². The average molecular weight is 280 g/mol. The van der Waals surface area contributed by atoms with E-state index in [2.05, 4.69) is 29.3 Å². The molecule has 1 saturated heterocycles. The third-order valence-corrected chi connectivity index (χ3v) is 4.00. The van der Waals surface area contributed by atoms with Crippen molar-refractivity contribution in [3.8, 4) is 0 Å². The summed E-state index contributed by atoms with van der Waals surface area (Å²) in [6.45, 7) is 6.92. The van der Waals surface area contributed by atoms with Crippen molar-refractivity contribution in [1.82, 2.24) is 15.1 Å². The van der Waals surface area contributed by atoms with Gasteiger partial charge >= 0.3 is 0 Å². The highest BCUT2D eigenvalue weighted by molar-refractivity contribution is 5.50. The monoisotopic (exact) mass is 280 g/mol. The summed E-state index contributed by atoms with van der Waals surface area (Å²) in [4.78, 5) is 2.51. The zero-order chi connectivity index (χ0) is 14.4. The van der Waals surface area contributed by atoms with Gasteiger partial charge in [0.05, 0.1) is 12.3 Å². The van der Waals surface area contributed by atoms with Crippen molar-refractivity contribution < 1.29 is 4.74 Å². The number of nitrogens with one attached hydrogen (secondary N) is 1. The van der Waals surface area contributed by atoms with Crippen LogP contribution in [0.25, 0.3) is 0 Å². The molecule has 1 aromatic rings. The van der Waals surface area contributed by atoms with E-state index < -0.39 is 0 Å². The van der Waals surface area contributed by atoms with E-state index in [1.165, 1.54) is 37.1 Å². The fourth-order valence-corrected chi connectivity index (χ4v) is 2.96. The Hall–Kier alpha value is -1.07. The van der Waals surface area contributed by atoms with Crippen LogP contribution in [0, 0.1) is 6.92 Å². The standard InChI is InChI=1S/C15H28N4O/c1-13-14(12-16-8-11-20-3)15(18(2)17-13)19-9-6-4-5-7-10-19/h16H,4-12H2,1-3H3. The van der Waals surface area contributed by atoms with E-state index in [4.69, 9.17) is 4.74 Å². The SMILES string of the molecule is COCCNCc1c(C)nn(C)c1N1CCCCCC1. The van der Waals surface area contributed by atoms with Gasteiger partial charge in [0, 0.05) is 45.9 Å². The lowest BCUT2D eigenvalue weighted by atomic mass is 10.2. The van der Waals surface area contributed by atoms with Crippen LogP contribution in [0.15, 0.2) is 0 Å². The summed E-state index contributed by atoms with van der Waals surface area (Å²) < 4.78 is 7.13. The molecule has 2 heterocycles. The molecule has 0 aromatic carbocycles. The van der Waals surface area contributed by atoms with Crippen LogP contribution in [0.3, 0.4) is 0 Å². The second-order valence-electron chi connectivity index (χ2n) is 5.58. The zero-order valence-corrected chi connectivity index (χ0v) is 13.1. The highest BCUT2D eigenvalue weighted by Gasteiger charge is 2.19. The molecule has 0 aliphatic carbocycles. The van der Waals surface area contributed by atoms with E-state index in [0.717, 1.165) is 38.5 Å². The number of ether oxygens (including phenoxy) is 1. The second-order valence-corrected chi connectivity index (χ2v) is 5.58. The van der Waals surface area contributed by atoms with E-state index in [-0.39, 0.29) is 0 Å². The van der Waals surface area contributed by atoms with Crippen molar-refractivity contribution in [1.29, 1.82) is 0 Å². The number of hydrogen-bond donors (Lipinski definition) is 1. The van der Waals surface area contributed by atoms with Gasteiger partial charge in [-0.05, 0) is 19.8 Å². The maximum absolute atomic E-state index is 5.08. The third-order valence-electron chi connectivity index (χ3n) is 4.00. The summed E-state index contributed by atoms with van der Waals surface area (Å²) >= 11 is 0. The molecular formula is C15H28N4O. The van der Waals surface area contributed by atoms with Crippen LogP contribution in [-0.2, 0) is 18.3 Å². The first-order valence-corrected chi connectivity index (χ1v) is 7.71. The molecule has 0 radical (unpaired) electrons. The molecule has 0 unspecified atom stereocenters. The Labute approximate surface area is 122 Å². The first kappa shape index (κ1) is 15.3. The Morgan fingerprint density at radius 3 is 2.55 bits per heavy atom. The molecule has 0 amide bonds. The number of hydrogen-bond acceptors (Lipinski definition) is 4. The quantitative estimate of drug-likeness (QED) is 0.808. The van der Waals surface area contributed by atoms with Gasteiger partial charge in [0.1, 0.15) is 5.82 Å². The van der Waals surface area contributed by atoms with E-state index in [1.807, 2.05) is 4.68 Å². The summed E-state index contributed by atoms with van der Waals surface area (Å²) in [7, 11) is 3.80. The van der Waals surface area contributed by atoms with Crippen LogP contribution in [0.1, 0.15) is 36.9 Å². The summed E-state index contributed by atoms with van der Waals surface area (Å²) in [5, 5.41) is 8.07. The molecular weight excluding hydrogens is 252 g/mol. The first-order chi connectivity index (χ1) is 9.74. The highest BCUT2D eigenvalue weighted by Crippen LogP contribution is 2.25. The van der Waals surface area contributed by atoms with Crippen LogP contribution < -0.4 is 10.2 Å². The van der Waals surface area contributed by atoms with Gasteiger partial charge in [-0.3, -0.25) is 4.68 Å². The van der Waals surface area contributed by atoms with Crippen LogP contribution in [0.2, 0.25) is 0 Å². The van der Waals surface area contributed by atoms with Gasteiger partial charge in [0.25, 0.3) is 0 Å². The minimum atomic E-state index is 0.748. The Morgan fingerprint density at radius 2 is 1.90 bits per heavy atom. The Bertz CT molecular complexity index is 408. The first-order valence-electron chi connectivity index (χ1n) is 7.71. The smallest absolute Gasteiger partial charge is 0.131 e. The van der Waals surface area contributed by atoms with E-state index in [0.29, 0.717) is 0 Å². The van der Waals surface area contributed by atoms with E-state index >= 15 is 0 Å². The molecule has 0 spiro atoms. The van der Waals surface area contributed by atoms with E-state index in [9.17, 15) is 0 Å². The molecule has 1 aliphatic rings. The topological polar surface area (TPSA) is 42.3 Å². The lowest BCUT2D eigenvalue weighted by Gasteiger charge is -2.24. The molecule has 0 saturated carbocycles. The summed E-state index contributed by atoms with van der Waals surface area (Å²) in [5.74, 6) is 1.30. The number of nitrogens with zero attached hydrogens (tertiary/aromatic N) is 3. The molecule has 1 aromatic heterocycles. The number of aromatic nitrogens is 2. The summed E-state index contributed by atoms with van der Waals surface area (Å²) in [6.07, 6.45) is 5.30. The highest BCUT2D eigenvalue weighted by atomic mass is 16.5. The molecule has 1 N–H and O–H groups in total. The number of anilines is 1. The van der Waals surface area contributed by atoms with Crippen molar-refractivity contribution in [2.75, 3.05) is 38.3 Å². The van der Waals surface area contributed by atoms with Crippen molar-refractivity contribution in [3.05, 3.63) is 11.3 Å². The average Bonchev–Trinajstić information content (AvgIpc) is 2.63. The van der Waals surface area contributed by atoms with Gasteiger partial charge in [0.15, 0.2) is 0 Å². The van der Waals surface area contributed by atoms with Crippen LogP contribution in [0.4, 0.5) is 5.82 Å². The lowest BCUT2D eigenvalue weighted by Crippen LogP contribution is -2.28. The Morgan fingerprint density at radius 1 is 1.20 bits per heavy atom. The number of aryl methyl sites for hydroxylation is 2. The Balaban J connectivity index is 2.09. The molecule has 20 heavy (non-hydrogen) atoms. The second kappa shape index (κ2) is 7.64. The third kappa shape index (κ3) is 3.73. The summed E-state index contributed by atoms with van der Waals surface area (Å²) in [5.41, 5.74) is 2.47. The molecule has 5 nitrogen and oxygen atoms in total. The van der Waals surface area contributed by atoms with Crippen LogP contribution in [-0.4, -0.2) is 43.1 Å². The largest absolute Gasteiger partial charge is 0.383 e. The maximum Gasteiger partial charge on any atom is 0.131 e. The fourth-order valence-electron chi connectivity index (χ4n) is 2.96. The van der Waals surface area contributed by atoms with Crippen molar-refractivity contribution in [3.63, 3.8) is 0 Å². The van der Waals surface area contributed by atoms with Gasteiger partial charge in [-0.25, -0.2) is 0 Å². The predicted molar refractivity (Wildman–Crippen MR) is 82.2 cm³/mol. The molecule has 5 heteroatoms. The molecule has 114 valence electrons. The number of rotatable bonds is 6. The zero-order valence-electron chi connectivity index (χ0n) is 13.1. The van der Waals surface area contributed by atoms with Gasteiger partial charge in [0.2, 0.25) is 0 Å². The van der Waals surface area contributed by atoms with Gasteiger partial charge < -0.3 is 15.0 Å². The van der Waals surface area contributed by atoms with Gasteiger partial charge in [-0.2, -0.15) is 5.10 Å². The van der Waals surface area contributed by atoms with Crippen LogP contribution >= 0.6 is 0 Å². The fraction of sp³-hybridized carbons (Fsp3) is 0.800. The maximum atomic E-state index is 5.08. The molecule has 2 rings (SSSR count). The van der Waals surface area contributed by atoms with Gasteiger partial charge in [-0.15, -0.1) is 0 Å². The molecule has 1 fully saturated rings. The van der Waals surface area contributed by atoms with Crippen molar-refractivity contribution >= 4 is 5.82 Å². The van der Waals surface area contributed by atoms with Gasteiger partial charge in [-0.1, -0.05) is 12.8 Å². The minimum absolute atomic E-state index is 0.748. The normalized spacial score (nSPS) is 16.4. The predicted octanol–water partition coefficient (Wildman–Crippen LogP) is 1.84. The minimum Gasteiger partial charge on any atom is -0.383 e. The summed E-state index contributed by atoms with van der Waals surface area (Å²) in [6, 6.07) is 0. The molecule has 0 bridgehead atoms. The molecule has 1 aliphatic heterocycles. The lowest BCUT2D eigenvalue weighted by molar-refractivity contribution is 0.199.